The molecule has 0 amide bonds. The summed E-state index contributed by atoms with van der Waals surface area (Å²) < 4.78 is 38.8. The fourth-order valence-corrected chi connectivity index (χ4v) is 5.17. The number of hydrogen-bond donors (Lipinski definition) is 1. The molecule has 6 rings (SSSR count). The van der Waals surface area contributed by atoms with Crippen molar-refractivity contribution in [3.8, 4) is 23.0 Å². The first-order chi connectivity index (χ1) is 24.3. The quantitative estimate of drug-likeness (QED) is 0.147. The molecule has 53 heavy (non-hydrogen) atoms. The molecule has 1 fully saturated rings. The minimum Gasteiger partial charge on any atom is -1.00 e. The van der Waals surface area contributed by atoms with Crippen LogP contribution in [0.5, 0.6) is 23.0 Å². The second kappa shape index (κ2) is 18.9. The van der Waals surface area contributed by atoms with Gasteiger partial charge in [0.1, 0.15) is 29.3 Å². The summed E-state index contributed by atoms with van der Waals surface area (Å²) in [5.74, 6) is 1.55. The molecule has 0 spiro atoms. The van der Waals surface area contributed by atoms with Crippen LogP contribution < -0.4 is 50.0 Å². The van der Waals surface area contributed by atoms with E-state index in [1.165, 1.54) is 0 Å². The Morgan fingerprint density at radius 3 is 1.62 bits per heavy atom. The van der Waals surface area contributed by atoms with Crippen LogP contribution >= 0.6 is 0 Å². The van der Waals surface area contributed by atoms with Gasteiger partial charge in [-0.05, 0) is 137 Å². The third-order valence-electron chi connectivity index (χ3n) is 8.67. The van der Waals surface area contributed by atoms with Crippen molar-refractivity contribution < 1.29 is 83.3 Å². The molecule has 2 heterocycles. The minimum absolute atomic E-state index is 0. The SMILES string of the molecule is CCOC(=O)c1ccc(Oc2ccc(C=O)c(B3OC(C)(C)C(C)(C)O3)c2)cc1.CCOC(=O)c1ccc(Oc2ccc3c(c2)B(O)OC3)cc1.[B].[H-].[Na+]. The topological polar surface area (TPSA) is 136 Å². The van der Waals surface area contributed by atoms with Gasteiger partial charge in [-0.1, -0.05) is 6.07 Å². The molecule has 3 radical (unpaired) electrons. The van der Waals surface area contributed by atoms with E-state index in [-0.39, 0.29) is 51.3 Å². The molecule has 4 aromatic carbocycles. The Balaban J connectivity index is 0.000000365. The first-order valence-corrected chi connectivity index (χ1v) is 16.6. The third kappa shape index (κ3) is 10.6. The van der Waals surface area contributed by atoms with E-state index in [1.54, 1.807) is 86.6 Å². The molecule has 0 aromatic heterocycles. The van der Waals surface area contributed by atoms with E-state index < -0.39 is 25.4 Å². The van der Waals surface area contributed by atoms with Crippen molar-refractivity contribution in [2.45, 2.75) is 59.4 Å². The Kier molecular flexibility index (Phi) is 15.6. The number of fused-ring (bicyclic) bond motifs is 1. The first-order valence-electron chi connectivity index (χ1n) is 16.6. The summed E-state index contributed by atoms with van der Waals surface area (Å²) in [7, 11) is -1.57. The molecular weight excluding hydrogens is 688 g/mol. The monoisotopic (exact) mass is 729 g/mol. The van der Waals surface area contributed by atoms with Crippen molar-refractivity contribution in [1.29, 1.82) is 0 Å². The predicted molar refractivity (Wildman–Crippen MR) is 198 cm³/mol. The fraction of sp³-hybridized carbons (Fsp3) is 0.289. The number of esters is 2. The van der Waals surface area contributed by atoms with Gasteiger partial charge in [0.25, 0.3) is 0 Å². The van der Waals surface area contributed by atoms with Gasteiger partial charge >= 0.3 is 55.7 Å². The van der Waals surface area contributed by atoms with E-state index >= 15 is 0 Å². The number of ether oxygens (including phenoxy) is 4. The third-order valence-corrected chi connectivity index (χ3v) is 8.67. The van der Waals surface area contributed by atoms with Crippen molar-refractivity contribution in [3.05, 3.63) is 107 Å². The number of carbonyl (C=O) groups is 3. The molecule has 11 nitrogen and oxygen atoms in total. The van der Waals surface area contributed by atoms with Gasteiger partial charge in [0.15, 0.2) is 0 Å². The van der Waals surface area contributed by atoms with Gasteiger partial charge in [0, 0.05) is 14.0 Å². The van der Waals surface area contributed by atoms with E-state index in [0.29, 0.717) is 65.0 Å². The zero-order valence-corrected chi connectivity index (χ0v) is 33.0. The van der Waals surface area contributed by atoms with Crippen LogP contribution in [-0.4, -0.2) is 70.3 Å². The van der Waals surface area contributed by atoms with E-state index in [0.717, 1.165) is 17.3 Å². The van der Waals surface area contributed by atoms with E-state index in [9.17, 15) is 19.4 Å². The van der Waals surface area contributed by atoms with Crippen LogP contribution in [0.25, 0.3) is 0 Å². The van der Waals surface area contributed by atoms with Crippen LogP contribution in [0, 0.1) is 0 Å². The van der Waals surface area contributed by atoms with Gasteiger partial charge in [-0.15, -0.1) is 0 Å². The summed E-state index contributed by atoms with van der Waals surface area (Å²) in [4.78, 5) is 34.9. The molecule has 0 bridgehead atoms. The molecule has 0 saturated carbocycles. The Hall–Kier alpha value is -3.88. The van der Waals surface area contributed by atoms with Crippen LogP contribution in [0.15, 0.2) is 84.9 Å². The Bertz CT molecular complexity index is 1860. The van der Waals surface area contributed by atoms with E-state index in [4.69, 9.17) is 32.9 Å². The molecule has 2 aliphatic heterocycles. The van der Waals surface area contributed by atoms with Gasteiger partial charge in [0.05, 0.1) is 42.1 Å². The number of benzene rings is 4. The van der Waals surface area contributed by atoms with Crippen molar-refractivity contribution in [2.24, 2.45) is 0 Å². The molecule has 2 aliphatic rings. The van der Waals surface area contributed by atoms with Gasteiger partial charge in [0.2, 0.25) is 0 Å². The molecule has 1 N–H and O–H groups in total. The molecule has 0 unspecified atom stereocenters. The first kappa shape index (κ1) is 43.5. The van der Waals surface area contributed by atoms with Crippen molar-refractivity contribution in [3.63, 3.8) is 0 Å². The van der Waals surface area contributed by atoms with Gasteiger partial charge in [-0.3, -0.25) is 4.79 Å². The summed E-state index contributed by atoms with van der Waals surface area (Å²) in [5.41, 5.74) is 2.67. The molecule has 4 aromatic rings. The predicted octanol–water partition coefficient (Wildman–Crippen LogP) is 2.38. The Morgan fingerprint density at radius 2 is 1.17 bits per heavy atom. The van der Waals surface area contributed by atoms with E-state index in [1.807, 2.05) is 39.8 Å². The molecular formula is C38H41B3NaO11. The molecule has 1 saturated heterocycles. The molecule has 15 heteroatoms. The zero-order chi connectivity index (χ0) is 36.8. The van der Waals surface area contributed by atoms with Gasteiger partial charge < -0.3 is 39.4 Å². The summed E-state index contributed by atoms with van der Waals surface area (Å²) in [5, 5.41) is 9.69. The second-order valence-corrected chi connectivity index (χ2v) is 12.7. The maximum atomic E-state index is 11.8. The van der Waals surface area contributed by atoms with Crippen molar-refractivity contribution >= 4 is 51.8 Å². The summed E-state index contributed by atoms with van der Waals surface area (Å²) in [6.45, 7) is 12.4. The van der Waals surface area contributed by atoms with Gasteiger partial charge in [-0.2, -0.15) is 0 Å². The minimum atomic E-state index is -0.898. The molecule has 0 aliphatic carbocycles. The van der Waals surface area contributed by atoms with Crippen LogP contribution in [0.1, 0.15) is 79.6 Å². The maximum Gasteiger partial charge on any atom is 1.00 e. The van der Waals surface area contributed by atoms with Crippen LogP contribution in [0.3, 0.4) is 0 Å². The number of aldehydes is 1. The number of rotatable bonds is 10. The average molecular weight is 729 g/mol. The average Bonchev–Trinajstić information content (AvgIpc) is 3.58. The van der Waals surface area contributed by atoms with Gasteiger partial charge in [-0.25, -0.2) is 9.59 Å². The standard InChI is InChI=1S/C22H25BO6.C16H15BO5.B.Na.H/c1-6-26-20(25)15-7-10-17(11-8-15)27-18-12-9-16(14-24)19(13-18)23-28-21(2,3)22(4,5)29-23;1-2-20-16(18)11-3-6-13(7-4-11)22-14-8-5-12-10-21-17(19)15(12)9-14;;;/h7-14H,6H2,1-5H3;3-9,19H,2,10H2,1H3;;;/q;;;+1;-1. The molecule has 269 valence electrons. The normalized spacial score (nSPS) is 14.7. The largest absolute Gasteiger partial charge is 1.00 e. The summed E-state index contributed by atoms with van der Waals surface area (Å²) in [6.07, 6.45) is 0.776. The van der Waals surface area contributed by atoms with Crippen LogP contribution in [0.4, 0.5) is 0 Å². The summed E-state index contributed by atoms with van der Waals surface area (Å²) in [6, 6.07) is 23.9. The van der Waals surface area contributed by atoms with Crippen molar-refractivity contribution in [1.82, 2.24) is 0 Å². The van der Waals surface area contributed by atoms with Crippen molar-refractivity contribution in [2.75, 3.05) is 13.2 Å². The Morgan fingerprint density at radius 1 is 0.736 bits per heavy atom. The molecule has 0 atom stereocenters. The number of hydrogen-bond acceptors (Lipinski definition) is 11. The second-order valence-electron chi connectivity index (χ2n) is 12.7. The zero-order valence-electron chi connectivity index (χ0n) is 32.0. The fourth-order valence-electron chi connectivity index (χ4n) is 5.17. The smallest absolute Gasteiger partial charge is 1.00 e. The summed E-state index contributed by atoms with van der Waals surface area (Å²) >= 11 is 0. The van der Waals surface area contributed by atoms with Crippen LogP contribution in [-0.2, 0) is 30.0 Å². The number of carbonyl (C=O) groups excluding carboxylic acids is 3. The Labute approximate surface area is 336 Å². The van der Waals surface area contributed by atoms with Crippen LogP contribution in [0.2, 0.25) is 0 Å². The maximum absolute atomic E-state index is 11.8. The van der Waals surface area contributed by atoms with E-state index in [2.05, 4.69) is 0 Å².